The van der Waals surface area contributed by atoms with E-state index in [1.807, 2.05) is 13.3 Å². The summed E-state index contributed by atoms with van der Waals surface area (Å²) < 4.78 is 0. The van der Waals surface area contributed by atoms with Gasteiger partial charge >= 0.3 is 0 Å². The van der Waals surface area contributed by atoms with Gasteiger partial charge in [-0.15, -0.1) is 0 Å². The highest BCUT2D eigenvalue weighted by molar-refractivity contribution is 6.00. The SMILES string of the molecule is C=C(CC=NC)C(=NC)N(CC)CCN(C)C. The minimum atomic E-state index is 0.766. The third-order valence-electron chi connectivity index (χ3n) is 2.55. The highest BCUT2D eigenvalue weighted by Crippen LogP contribution is 2.05. The molecule has 98 valence electrons. The van der Waals surface area contributed by atoms with Crippen molar-refractivity contribution in [2.45, 2.75) is 13.3 Å². The number of amidine groups is 1. The number of nitrogens with zero attached hydrogens (tertiary/aromatic N) is 4. The first-order chi connectivity index (χ1) is 8.06. The predicted molar refractivity (Wildman–Crippen MR) is 77.3 cm³/mol. The third kappa shape index (κ3) is 6.22. The summed E-state index contributed by atoms with van der Waals surface area (Å²) in [7, 11) is 7.76. The number of hydrogen-bond acceptors (Lipinski definition) is 3. The second kappa shape index (κ2) is 8.93. The molecule has 0 radical (unpaired) electrons. The molecule has 0 aromatic heterocycles. The van der Waals surface area contributed by atoms with Crippen LogP contribution in [0.15, 0.2) is 22.1 Å². The molecule has 0 aliphatic carbocycles. The Bertz CT molecular complexity index is 279. The fourth-order valence-corrected chi connectivity index (χ4v) is 1.55. The Kier molecular flexibility index (Phi) is 8.32. The lowest BCUT2D eigenvalue weighted by Gasteiger charge is -2.26. The Hall–Kier alpha value is -1.16. The summed E-state index contributed by atoms with van der Waals surface area (Å²) in [5.74, 6) is 0.995. The highest BCUT2D eigenvalue weighted by Gasteiger charge is 2.11. The van der Waals surface area contributed by atoms with Crippen molar-refractivity contribution >= 4 is 12.1 Å². The molecule has 0 saturated heterocycles. The molecule has 0 heterocycles. The Balaban J connectivity index is 4.54. The summed E-state index contributed by atoms with van der Waals surface area (Å²) >= 11 is 0. The minimum absolute atomic E-state index is 0.766. The predicted octanol–water partition coefficient (Wildman–Crippen LogP) is 1.55. The first-order valence-corrected chi connectivity index (χ1v) is 6.02. The van der Waals surface area contributed by atoms with Crippen LogP contribution in [-0.4, -0.2) is 69.7 Å². The lowest BCUT2D eigenvalue weighted by Crippen LogP contribution is -2.37. The molecule has 0 amide bonds. The zero-order valence-corrected chi connectivity index (χ0v) is 11.9. The molecule has 17 heavy (non-hydrogen) atoms. The number of likely N-dealkylation sites (N-methyl/N-ethyl adjacent to an activating group) is 2. The summed E-state index contributed by atoms with van der Waals surface area (Å²) in [6, 6.07) is 0. The van der Waals surface area contributed by atoms with Gasteiger partial charge in [0, 0.05) is 46.4 Å². The average Bonchev–Trinajstić information content (AvgIpc) is 2.31. The Morgan fingerprint density at radius 2 is 1.88 bits per heavy atom. The Labute approximate surface area is 106 Å². The van der Waals surface area contributed by atoms with Crippen LogP contribution in [0.25, 0.3) is 0 Å². The van der Waals surface area contributed by atoms with E-state index in [0.29, 0.717) is 0 Å². The fraction of sp³-hybridized carbons (Fsp3) is 0.692. The van der Waals surface area contributed by atoms with E-state index in [2.05, 4.69) is 47.4 Å². The van der Waals surface area contributed by atoms with Gasteiger partial charge in [-0.2, -0.15) is 0 Å². The van der Waals surface area contributed by atoms with Crippen molar-refractivity contribution in [1.29, 1.82) is 0 Å². The van der Waals surface area contributed by atoms with E-state index in [0.717, 1.165) is 37.5 Å². The van der Waals surface area contributed by atoms with Crippen LogP contribution in [0.2, 0.25) is 0 Å². The maximum absolute atomic E-state index is 4.35. The molecular formula is C13H26N4. The maximum Gasteiger partial charge on any atom is 0.126 e. The zero-order valence-electron chi connectivity index (χ0n) is 11.9. The molecule has 0 N–H and O–H groups in total. The van der Waals surface area contributed by atoms with Crippen molar-refractivity contribution in [3.63, 3.8) is 0 Å². The van der Waals surface area contributed by atoms with Crippen molar-refractivity contribution in [2.75, 3.05) is 47.8 Å². The van der Waals surface area contributed by atoms with Gasteiger partial charge in [0.1, 0.15) is 5.84 Å². The minimum Gasteiger partial charge on any atom is -0.356 e. The second-order valence-electron chi connectivity index (χ2n) is 4.18. The largest absolute Gasteiger partial charge is 0.356 e. The smallest absolute Gasteiger partial charge is 0.126 e. The van der Waals surface area contributed by atoms with Crippen LogP contribution >= 0.6 is 0 Å². The van der Waals surface area contributed by atoms with Gasteiger partial charge in [0.25, 0.3) is 0 Å². The molecule has 0 aromatic rings. The van der Waals surface area contributed by atoms with Crippen molar-refractivity contribution in [1.82, 2.24) is 9.80 Å². The summed E-state index contributed by atoms with van der Waals surface area (Å²) in [5, 5.41) is 0. The van der Waals surface area contributed by atoms with E-state index in [1.54, 1.807) is 7.05 Å². The molecule has 0 spiro atoms. The van der Waals surface area contributed by atoms with E-state index in [-0.39, 0.29) is 0 Å². The molecule has 0 aliphatic heterocycles. The Morgan fingerprint density at radius 1 is 1.24 bits per heavy atom. The fourth-order valence-electron chi connectivity index (χ4n) is 1.55. The highest BCUT2D eigenvalue weighted by atomic mass is 15.2. The summed E-state index contributed by atoms with van der Waals surface area (Å²) in [6.07, 6.45) is 2.63. The van der Waals surface area contributed by atoms with Gasteiger partial charge in [-0.1, -0.05) is 6.58 Å². The van der Waals surface area contributed by atoms with Gasteiger partial charge in [0.15, 0.2) is 0 Å². The van der Waals surface area contributed by atoms with Gasteiger partial charge in [-0.25, -0.2) is 0 Å². The third-order valence-corrected chi connectivity index (χ3v) is 2.55. The molecule has 0 bridgehead atoms. The van der Waals surface area contributed by atoms with E-state index < -0.39 is 0 Å². The molecule has 0 aromatic carbocycles. The molecule has 0 fully saturated rings. The topological polar surface area (TPSA) is 31.2 Å². The Morgan fingerprint density at radius 3 is 2.29 bits per heavy atom. The average molecular weight is 238 g/mol. The standard InChI is InChI=1S/C13H26N4/c1-7-17(11-10-16(5)6)13(15-4)12(2)8-9-14-3/h9H,2,7-8,10-11H2,1,3-6H3. The first-order valence-electron chi connectivity index (χ1n) is 6.02. The van der Waals surface area contributed by atoms with Crippen molar-refractivity contribution in [3.05, 3.63) is 12.2 Å². The van der Waals surface area contributed by atoms with Crippen molar-refractivity contribution < 1.29 is 0 Å². The van der Waals surface area contributed by atoms with Crippen molar-refractivity contribution in [3.8, 4) is 0 Å². The summed E-state index contributed by atoms with van der Waals surface area (Å²) in [4.78, 5) is 12.8. The van der Waals surface area contributed by atoms with Gasteiger partial charge in [-0.05, 0) is 26.6 Å². The van der Waals surface area contributed by atoms with Gasteiger partial charge in [0.2, 0.25) is 0 Å². The lowest BCUT2D eigenvalue weighted by atomic mass is 10.2. The van der Waals surface area contributed by atoms with Gasteiger partial charge < -0.3 is 14.8 Å². The monoisotopic (exact) mass is 238 g/mol. The van der Waals surface area contributed by atoms with Crippen LogP contribution in [0.4, 0.5) is 0 Å². The van der Waals surface area contributed by atoms with E-state index in [4.69, 9.17) is 0 Å². The van der Waals surface area contributed by atoms with Gasteiger partial charge in [0.05, 0.1) is 0 Å². The van der Waals surface area contributed by atoms with Gasteiger partial charge in [-0.3, -0.25) is 4.99 Å². The lowest BCUT2D eigenvalue weighted by molar-refractivity contribution is 0.337. The van der Waals surface area contributed by atoms with Crippen LogP contribution in [0.3, 0.4) is 0 Å². The molecule has 4 heteroatoms. The van der Waals surface area contributed by atoms with Crippen molar-refractivity contribution in [2.24, 2.45) is 9.98 Å². The molecule has 0 atom stereocenters. The molecule has 0 unspecified atom stereocenters. The normalized spacial score (nSPS) is 12.5. The zero-order chi connectivity index (χ0) is 13.3. The number of hydrogen-bond donors (Lipinski definition) is 0. The van der Waals surface area contributed by atoms with Crippen LogP contribution in [-0.2, 0) is 0 Å². The van der Waals surface area contributed by atoms with E-state index in [1.165, 1.54) is 0 Å². The quantitative estimate of drug-likeness (QED) is 0.498. The first kappa shape index (κ1) is 15.8. The van der Waals surface area contributed by atoms with E-state index >= 15 is 0 Å². The van der Waals surface area contributed by atoms with Crippen LogP contribution in [0, 0.1) is 0 Å². The molecule has 4 nitrogen and oxygen atoms in total. The second-order valence-corrected chi connectivity index (χ2v) is 4.18. The number of aliphatic imine (C=N–C) groups is 2. The van der Waals surface area contributed by atoms with E-state index in [9.17, 15) is 0 Å². The molecular weight excluding hydrogens is 212 g/mol. The van der Waals surface area contributed by atoms with Crippen LogP contribution < -0.4 is 0 Å². The summed E-state index contributed by atoms with van der Waals surface area (Å²) in [6.45, 7) is 9.16. The molecule has 0 aliphatic rings. The van der Waals surface area contributed by atoms with Crippen LogP contribution in [0.1, 0.15) is 13.3 Å². The number of rotatable bonds is 7. The van der Waals surface area contributed by atoms with Crippen LogP contribution in [0.5, 0.6) is 0 Å². The molecule has 0 saturated carbocycles. The summed E-state index contributed by atoms with van der Waals surface area (Å²) in [5.41, 5.74) is 1.03. The molecule has 0 rings (SSSR count). The maximum atomic E-state index is 4.35.